The number of H-pyrrole nitrogens is 1. The minimum absolute atomic E-state index is 0.200. The zero-order valence-corrected chi connectivity index (χ0v) is 9.37. The molecule has 5 nitrogen and oxygen atoms in total. The summed E-state index contributed by atoms with van der Waals surface area (Å²) >= 11 is 3.06. The van der Waals surface area contributed by atoms with E-state index in [1.807, 2.05) is 6.92 Å². The van der Waals surface area contributed by atoms with Crippen molar-refractivity contribution in [1.29, 1.82) is 0 Å². The number of hydrogen-bond acceptors (Lipinski definition) is 3. The molecule has 14 heavy (non-hydrogen) atoms. The van der Waals surface area contributed by atoms with Crippen LogP contribution < -0.4 is 17.0 Å². The molecule has 1 unspecified atom stereocenters. The molecular formula is C8H12BrN3O2. The molecule has 3 N–H and O–H groups in total. The van der Waals surface area contributed by atoms with Gasteiger partial charge in [0.1, 0.15) is 0 Å². The summed E-state index contributed by atoms with van der Waals surface area (Å²) < 4.78 is 1.78. The number of rotatable bonds is 3. The van der Waals surface area contributed by atoms with E-state index >= 15 is 0 Å². The van der Waals surface area contributed by atoms with Crippen molar-refractivity contribution in [3.8, 4) is 0 Å². The fourth-order valence-corrected chi connectivity index (χ4v) is 1.37. The van der Waals surface area contributed by atoms with E-state index in [1.165, 1.54) is 10.8 Å². The molecule has 1 atom stereocenters. The van der Waals surface area contributed by atoms with Gasteiger partial charge in [-0.05, 0) is 28.4 Å². The van der Waals surface area contributed by atoms with Crippen molar-refractivity contribution in [2.24, 2.45) is 11.7 Å². The third-order valence-corrected chi connectivity index (χ3v) is 2.44. The van der Waals surface area contributed by atoms with Crippen molar-refractivity contribution >= 4 is 15.9 Å². The van der Waals surface area contributed by atoms with Gasteiger partial charge in [0.25, 0.3) is 5.56 Å². The lowest BCUT2D eigenvalue weighted by Gasteiger charge is -2.10. The molecule has 1 aromatic rings. The van der Waals surface area contributed by atoms with E-state index in [4.69, 9.17) is 5.73 Å². The van der Waals surface area contributed by atoms with Crippen molar-refractivity contribution < 1.29 is 0 Å². The van der Waals surface area contributed by atoms with Gasteiger partial charge in [-0.1, -0.05) is 6.92 Å². The van der Waals surface area contributed by atoms with Crippen molar-refractivity contribution in [1.82, 2.24) is 9.55 Å². The van der Waals surface area contributed by atoms with Crippen LogP contribution in [0.2, 0.25) is 0 Å². The average molecular weight is 262 g/mol. The van der Waals surface area contributed by atoms with Crippen molar-refractivity contribution in [2.75, 3.05) is 6.54 Å². The Morgan fingerprint density at radius 3 is 2.86 bits per heavy atom. The molecule has 6 heteroatoms. The molecule has 0 bridgehead atoms. The maximum Gasteiger partial charge on any atom is 0.328 e. The molecule has 0 fully saturated rings. The Balaban J connectivity index is 3.04. The second-order valence-electron chi connectivity index (χ2n) is 3.23. The van der Waals surface area contributed by atoms with Crippen LogP contribution in [0, 0.1) is 5.92 Å². The lowest BCUT2D eigenvalue weighted by Crippen LogP contribution is -2.32. The first-order valence-electron chi connectivity index (χ1n) is 4.24. The number of aromatic amines is 1. The molecule has 0 saturated heterocycles. The number of nitrogens with two attached hydrogens (primary N) is 1. The van der Waals surface area contributed by atoms with Gasteiger partial charge in [-0.3, -0.25) is 14.3 Å². The van der Waals surface area contributed by atoms with E-state index in [0.29, 0.717) is 17.6 Å². The highest BCUT2D eigenvalue weighted by Crippen LogP contribution is 2.00. The fourth-order valence-electron chi connectivity index (χ4n) is 1.03. The first kappa shape index (κ1) is 11.2. The van der Waals surface area contributed by atoms with Crippen molar-refractivity contribution in [3.63, 3.8) is 0 Å². The van der Waals surface area contributed by atoms with E-state index < -0.39 is 11.2 Å². The molecule has 0 amide bonds. The smallest absolute Gasteiger partial charge is 0.328 e. The van der Waals surface area contributed by atoms with Crippen LogP contribution in [0.25, 0.3) is 0 Å². The number of nitrogens with zero attached hydrogens (tertiary/aromatic N) is 1. The van der Waals surface area contributed by atoms with Gasteiger partial charge in [-0.25, -0.2) is 4.79 Å². The Morgan fingerprint density at radius 1 is 1.64 bits per heavy atom. The zero-order valence-electron chi connectivity index (χ0n) is 7.79. The second kappa shape index (κ2) is 4.56. The summed E-state index contributed by atoms with van der Waals surface area (Å²) in [5, 5.41) is 0. The van der Waals surface area contributed by atoms with Gasteiger partial charge in [0, 0.05) is 12.7 Å². The second-order valence-corrected chi connectivity index (χ2v) is 4.08. The highest BCUT2D eigenvalue weighted by atomic mass is 79.9. The van der Waals surface area contributed by atoms with Gasteiger partial charge >= 0.3 is 5.69 Å². The highest BCUT2D eigenvalue weighted by molar-refractivity contribution is 9.10. The molecule has 0 aliphatic rings. The van der Waals surface area contributed by atoms with Gasteiger partial charge in [0.15, 0.2) is 0 Å². The molecule has 0 aliphatic heterocycles. The average Bonchev–Trinajstić information content (AvgIpc) is 2.14. The maximum atomic E-state index is 11.3. The van der Waals surface area contributed by atoms with E-state index in [0.717, 1.165) is 0 Å². The lowest BCUT2D eigenvalue weighted by atomic mass is 10.2. The molecule has 0 radical (unpaired) electrons. The molecule has 1 heterocycles. The third-order valence-electron chi connectivity index (χ3n) is 1.88. The third kappa shape index (κ3) is 2.55. The lowest BCUT2D eigenvalue weighted by molar-refractivity contribution is 0.473. The van der Waals surface area contributed by atoms with E-state index in [1.54, 1.807) is 0 Å². The molecule has 1 aromatic heterocycles. The van der Waals surface area contributed by atoms with E-state index in [9.17, 15) is 9.59 Å². The standard InChI is InChI=1S/C8H12BrN3O2/c1-5(2-10)3-12-4-6(9)7(13)11-8(12)14/h4-5H,2-3,10H2,1H3,(H,11,13,14). The molecular weight excluding hydrogens is 250 g/mol. The van der Waals surface area contributed by atoms with Crippen LogP contribution in [0.4, 0.5) is 0 Å². The summed E-state index contributed by atoms with van der Waals surface area (Å²) in [5.74, 6) is 0.200. The summed E-state index contributed by atoms with van der Waals surface area (Å²) in [6.07, 6.45) is 1.48. The zero-order chi connectivity index (χ0) is 10.7. The molecule has 0 aromatic carbocycles. The van der Waals surface area contributed by atoms with Gasteiger partial charge in [0.05, 0.1) is 4.47 Å². The van der Waals surface area contributed by atoms with Crippen LogP contribution in [0.3, 0.4) is 0 Å². The number of aromatic nitrogens is 2. The quantitative estimate of drug-likeness (QED) is 0.797. The predicted octanol–water partition coefficient (Wildman–Crippen LogP) is -0.106. The van der Waals surface area contributed by atoms with Gasteiger partial charge in [-0.2, -0.15) is 0 Å². The Morgan fingerprint density at radius 2 is 2.29 bits per heavy atom. The Hall–Kier alpha value is -0.880. The van der Waals surface area contributed by atoms with Crippen molar-refractivity contribution in [3.05, 3.63) is 31.5 Å². The topological polar surface area (TPSA) is 80.9 Å². The SMILES string of the molecule is CC(CN)Cn1cc(Br)c(=O)[nH]c1=O. The summed E-state index contributed by atoms with van der Waals surface area (Å²) in [7, 11) is 0. The Labute approximate surface area is 89.1 Å². The number of hydrogen-bond donors (Lipinski definition) is 2. The summed E-state index contributed by atoms with van der Waals surface area (Å²) in [6.45, 7) is 2.94. The number of halogens is 1. The summed E-state index contributed by atoms with van der Waals surface area (Å²) in [5.41, 5.74) is 4.62. The van der Waals surface area contributed by atoms with Crippen LogP contribution in [0.5, 0.6) is 0 Å². The van der Waals surface area contributed by atoms with Gasteiger partial charge in [-0.15, -0.1) is 0 Å². The number of nitrogens with one attached hydrogen (secondary N) is 1. The minimum atomic E-state index is -0.411. The summed E-state index contributed by atoms with van der Waals surface area (Å²) in [4.78, 5) is 24.5. The molecule has 78 valence electrons. The summed E-state index contributed by atoms with van der Waals surface area (Å²) in [6, 6.07) is 0. The Kier molecular flexibility index (Phi) is 3.65. The van der Waals surface area contributed by atoms with E-state index in [-0.39, 0.29) is 5.92 Å². The largest absolute Gasteiger partial charge is 0.330 e. The predicted molar refractivity (Wildman–Crippen MR) is 57.2 cm³/mol. The molecule has 0 spiro atoms. The fraction of sp³-hybridized carbons (Fsp3) is 0.500. The highest BCUT2D eigenvalue weighted by Gasteiger charge is 2.05. The normalized spacial score (nSPS) is 12.8. The van der Waals surface area contributed by atoms with Crippen LogP contribution in [-0.4, -0.2) is 16.1 Å². The molecule has 0 saturated carbocycles. The first-order chi connectivity index (χ1) is 6.54. The van der Waals surface area contributed by atoms with Crippen molar-refractivity contribution in [2.45, 2.75) is 13.5 Å². The van der Waals surface area contributed by atoms with Gasteiger partial charge < -0.3 is 5.73 Å². The minimum Gasteiger partial charge on any atom is -0.330 e. The van der Waals surface area contributed by atoms with Crippen LogP contribution in [0.1, 0.15) is 6.92 Å². The monoisotopic (exact) mass is 261 g/mol. The van der Waals surface area contributed by atoms with Gasteiger partial charge in [0.2, 0.25) is 0 Å². The molecule has 1 rings (SSSR count). The Bertz CT molecular complexity index is 423. The van der Waals surface area contributed by atoms with Crippen LogP contribution in [0.15, 0.2) is 20.3 Å². The van der Waals surface area contributed by atoms with Crippen LogP contribution >= 0.6 is 15.9 Å². The van der Waals surface area contributed by atoms with E-state index in [2.05, 4.69) is 20.9 Å². The van der Waals surface area contributed by atoms with Crippen LogP contribution in [-0.2, 0) is 6.54 Å². The maximum absolute atomic E-state index is 11.3. The molecule has 0 aliphatic carbocycles. The first-order valence-corrected chi connectivity index (χ1v) is 5.03.